The van der Waals surface area contributed by atoms with Gasteiger partial charge in [0.15, 0.2) is 0 Å². The van der Waals surface area contributed by atoms with Gasteiger partial charge in [-0.25, -0.2) is 0 Å². The molecule has 1 N–H and O–H groups in total. The van der Waals surface area contributed by atoms with Crippen LogP contribution in [0.25, 0.3) is 0 Å². The first kappa shape index (κ1) is 21.0. The molecule has 0 amide bonds. The Bertz CT molecular complexity index is 704. The van der Waals surface area contributed by atoms with Gasteiger partial charge in [0.25, 0.3) is 0 Å². The zero-order valence-electron chi connectivity index (χ0n) is 18.5. The number of rotatable bonds is 6. The van der Waals surface area contributed by atoms with Crippen molar-refractivity contribution in [2.24, 2.45) is 34.2 Å². The summed E-state index contributed by atoms with van der Waals surface area (Å²) in [7, 11) is 0. The van der Waals surface area contributed by atoms with E-state index in [0.29, 0.717) is 11.8 Å². The number of unbranched alkanes of at least 4 members (excludes halogenated alkanes) is 2. The lowest BCUT2D eigenvalue weighted by molar-refractivity contribution is -0.132. The summed E-state index contributed by atoms with van der Waals surface area (Å²) in [6.45, 7) is 5.42. The van der Waals surface area contributed by atoms with Crippen LogP contribution >= 0.6 is 0 Å². The van der Waals surface area contributed by atoms with Crippen molar-refractivity contribution in [3.05, 3.63) is 11.6 Å². The molecule has 29 heavy (non-hydrogen) atoms. The van der Waals surface area contributed by atoms with Crippen molar-refractivity contribution in [1.82, 2.24) is 0 Å². The topological polar surface area (TPSA) is 41.8 Å². The van der Waals surface area contributed by atoms with E-state index in [-0.39, 0.29) is 11.0 Å². The Kier molecular flexibility index (Phi) is 6.12. The highest BCUT2D eigenvalue weighted by Crippen LogP contribution is 2.67. The number of nitrogens with zero attached hydrogens (tertiary/aromatic N) is 1. The van der Waals surface area contributed by atoms with E-state index in [4.69, 9.17) is 11.2 Å². The van der Waals surface area contributed by atoms with Gasteiger partial charge in [0.05, 0.1) is 5.71 Å². The largest absolute Gasteiger partial charge is 0.411 e. The van der Waals surface area contributed by atoms with E-state index in [1.165, 1.54) is 44.9 Å². The van der Waals surface area contributed by atoms with Crippen molar-refractivity contribution in [2.75, 3.05) is 6.61 Å². The summed E-state index contributed by atoms with van der Waals surface area (Å²) in [6.07, 6.45) is 22.5. The molecule has 0 aromatic rings. The highest BCUT2D eigenvalue weighted by atomic mass is 16.5. The highest BCUT2D eigenvalue weighted by Gasteiger charge is 2.64. The molecule has 3 nitrogen and oxygen atoms in total. The fourth-order valence-electron chi connectivity index (χ4n) is 7.88. The van der Waals surface area contributed by atoms with Crippen molar-refractivity contribution >= 4 is 5.71 Å². The Labute approximate surface area is 177 Å². The maximum absolute atomic E-state index is 9.20. The van der Waals surface area contributed by atoms with Crippen LogP contribution in [0.15, 0.2) is 16.8 Å². The third-order valence-corrected chi connectivity index (χ3v) is 9.22. The Balaban J connectivity index is 1.57. The average molecular weight is 398 g/mol. The van der Waals surface area contributed by atoms with Crippen molar-refractivity contribution in [3.63, 3.8) is 0 Å². The van der Waals surface area contributed by atoms with E-state index in [0.717, 1.165) is 56.3 Å². The van der Waals surface area contributed by atoms with Crippen LogP contribution in [0, 0.1) is 41.4 Å². The monoisotopic (exact) mass is 397 g/mol. The second-order valence-corrected chi connectivity index (χ2v) is 10.0. The Morgan fingerprint density at radius 2 is 2.00 bits per heavy atom. The van der Waals surface area contributed by atoms with E-state index in [9.17, 15) is 5.21 Å². The maximum atomic E-state index is 9.20. The van der Waals surface area contributed by atoms with Gasteiger partial charge < -0.3 is 9.94 Å². The van der Waals surface area contributed by atoms with Gasteiger partial charge in [0.2, 0.25) is 0 Å². The summed E-state index contributed by atoms with van der Waals surface area (Å²) in [5.41, 5.74) is 2.25. The molecule has 3 saturated carbocycles. The number of oxime groups is 1. The summed E-state index contributed by atoms with van der Waals surface area (Å²) in [4.78, 5) is 0. The lowest BCUT2D eigenvalue weighted by Gasteiger charge is -2.56. The van der Waals surface area contributed by atoms with Gasteiger partial charge in [0.1, 0.15) is 5.60 Å². The predicted molar refractivity (Wildman–Crippen MR) is 118 cm³/mol. The Morgan fingerprint density at radius 3 is 2.72 bits per heavy atom. The average Bonchev–Trinajstić information content (AvgIpc) is 3.11. The van der Waals surface area contributed by atoms with Crippen LogP contribution in [-0.4, -0.2) is 23.1 Å². The molecule has 0 aromatic carbocycles. The molecular weight excluding hydrogens is 358 g/mol. The standard InChI is InChI=1S/C26H39NO2/c1-4-7-8-17-29-26(6-3)16-14-24-23-11-9-19-18-20(27-28)10-12-21(19)22(23)13-15-25(24,26)5-2/h3,18,21-24,28H,4-5,7-17H2,1-2H3/t21-,22+,23+,24-,25-,26-/m0/s1. The summed E-state index contributed by atoms with van der Waals surface area (Å²) in [5.74, 6) is 6.21. The molecule has 160 valence electrons. The van der Waals surface area contributed by atoms with E-state index in [2.05, 4.69) is 31.0 Å². The first-order chi connectivity index (χ1) is 14.1. The molecule has 0 heterocycles. The van der Waals surface area contributed by atoms with Crippen LogP contribution in [0.1, 0.15) is 90.9 Å². The molecule has 0 spiro atoms. The van der Waals surface area contributed by atoms with Crippen LogP contribution in [0.3, 0.4) is 0 Å². The molecule has 4 rings (SSSR count). The summed E-state index contributed by atoms with van der Waals surface area (Å²) in [5, 5.41) is 12.7. The summed E-state index contributed by atoms with van der Waals surface area (Å²) in [6, 6.07) is 0. The minimum Gasteiger partial charge on any atom is -0.411 e. The van der Waals surface area contributed by atoms with Crippen LogP contribution in [-0.2, 0) is 4.74 Å². The molecule has 0 aliphatic heterocycles. The summed E-state index contributed by atoms with van der Waals surface area (Å²) < 4.78 is 6.63. The van der Waals surface area contributed by atoms with Crippen LogP contribution in [0.4, 0.5) is 0 Å². The third kappa shape index (κ3) is 3.27. The minimum absolute atomic E-state index is 0.169. The van der Waals surface area contributed by atoms with Gasteiger partial charge in [-0.3, -0.25) is 0 Å². The first-order valence-electron chi connectivity index (χ1n) is 12.2. The Morgan fingerprint density at radius 1 is 1.14 bits per heavy atom. The molecule has 0 unspecified atom stereocenters. The normalized spacial score (nSPS) is 42.5. The molecular formula is C26H39NO2. The van der Waals surface area contributed by atoms with Gasteiger partial charge in [0, 0.05) is 12.0 Å². The Hall–Kier alpha value is -1.27. The number of terminal acetylenes is 1. The molecule has 0 bridgehead atoms. The van der Waals surface area contributed by atoms with Crippen LogP contribution in [0.5, 0.6) is 0 Å². The van der Waals surface area contributed by atoms with Gasteiger partial charge in [-0.1, -0.05) is 43.3 Å². The predicted octanol–water partition coefficient (Wildman–Crippen LogP) is 6.36. The minimum atomic E-state index is -0.343. The molecule has 3 heteroatoms. The van der Waals surface area contributed by atoms with E-state index >= 15 is 0 Å². The smallest absolute Gasteiger partial charge is 0.134 e. The van der Waals surface area contributed by atoms with Crippen LogP contribution < -0.4 is 0 Å². The molecule has 0 aromatic heterocycles. The van der Waals surface area contributed by atoms with Gasteiger partial charge in [-0.05, 0) is 94.0 Å². The second kappa shape index (κ2) is 8.46. The number of ether oxygens (including phenoxy) is 1. The molecule has 0 radical (unpaired) electrons. The van der Waals surface area contributed by atoms with Crippen molar-refractivity contribution in [2.45, 2.75) is 96.5 Å². The van der Waals surface area contributed by atoms with Gasteiger partial charge >= 0.3 is 0 Å². The lowest BCUT2D eigenvalue weighted by atomic mass is 9.49. The van der Waals surface area contributed by atoms with Crippen molar-refractivity contribution in [3.8, 4) is 12.3 Å². The highest BCUT2D eigenvalue weighted by molar-refractivity contribution is 5.96. The second-order valence-electron chi connectivity index (χ2n) is 10.0. The van der Waals surface area contributed by atoms with E-state index < -0.39 is 0 Å². The zero-order chi connectivity index (χ0) is 20.5. The number of hydrogen-bond donors (Lipinski definition) is 1. The number of hydrogen-bond acceptors (Lipinski definition) is 3. The number of fused-ring (bicyclic) bond motifs is 5. The van der Waals surface area contributed by atoms with Crippen molar-refractivity contribution in [1.29, 1.82) is 0 Å². The summed E-state index contributed by atoms with van der Waals surface area (Å²) >= 11 is 0. The quantitative estimate of drug-likeness (QED) is 0.245. The van der Waals surface area contributed by atoms with Gasteiger partial charge in [-0.15, -0.1) is 6.42 Å². The molecule has 0 saturated heterocycles. The maximum Gasteiger partial charge on any atom is 0.134 e. The molecule has 4 aliphatic carbocycles. The van der Waals surface area contributed by atoms with Crippen LogP contribution in [0.2, 0.25) is 0 Å². The van der Waals surface area contributed by atoms with Gasteiger partial charge in [-0.2, -0.15) is 0 Å². The molecule has 3 fully saturated rings. The van der Waals surface area contributed by atoms with Crippen molar-refractivity contribution < 1.29 is 9.94 Å². The fourth-order valence-corrected chi connectivity index (χ4v) is 7.88. The fraction of sp³-hybridized carbons (Fsp3) is 0.808. The van der Waals surface area contributed by atoms with E-state index in [1.54, 1.807) is 5.57 Å². The van der Waals surface area contributed by atoms with E-state index in [1.807, 2.05) is 0 Å². The SMILES string of the molecule is C#C[C@]1(OCCCCC)CC[C@H]2[C@@H]3CCC4=CC(=NO)CC[C@@H]4[C@H]3CC[C@@]21CC. The number of allylic oxidation sites excluding steroid dienone is 2. The zero-order valence-corrected chi connectivity index (χ0v) is 18.5. The first-order valence-corrected chi connectivity index (χ1v) is 12.2. The molecule has 4 aliphatic rings. The third-order valence-electron chi connectivity index (χ3n) is 9.22. The molecule has 6 atom stereocenters. The lowest BCUT2D eigenvalue weighted by Crippen LogP contribution is -2.54.